The van der Waals surface area contributed by atoms with Crippen molar-refractivity contribution < 1.29 is 15.0 Å². The lowest BCUT2D eigenvalue weighted by molar-refractivity contribution is -0.141. The molecule has 1 unspecified atom stereocenters. The van der Waals surface area contributed by atoms with Gasteiger partial charge in [-0.3, -0.25) is 9.79 Å². The monoisotopic (exact) mass is 379 g/mol. The predicted octanol–water partition coefficient (Wildman–Crippen LogP) is 4.96. The maximum atomic E-state index is 11.0. The molecule has 25 heavy (non-hydrogen) atoms. The van der Waals surface area contributed by atoms with E-state index in [1.54, 1.807) is 50.2 Å². The summed E-state index contributed by atoms with van der Waals surface area (Å²) in [6.45, 7) is 3.72. The van der Waals surface area contributed by atoms with Gasteiger partial charge in [0.1, 0.15) is 5.75 Å². The molecule has 2 rings (SSSR count). The molecule has 0 saturated carbocycles. The van der Waals surface area contributed by atoms with Crippen LogP contribution in [-0.4, -0.2) is 28.4 Å². The Morgan fingerprint density at radius 2 is 1.80 bits per heavy atom. The number of phenolic OH excluding ortho intramolecular Hbond substituents is 1. The molecule has 0 bridgehead atoms. The van der Waals surface area contributed by atoms with E-state index >= 15 is 0 Å². The van der Waals surface area contributed by atoms with Crippen LogP contribution in [0.5, 0.6) is 5.75 Å². The topological polar surface area (TPSA) is 69.9 Å². The third-order valence-corrected chi connectivity index (χ3v) is 4.36. The van der Waals surface area contributed by atoms with Gasteiger partial charge in [0.2, 0.25) is 0 Å². The van der Waals surface area contributed by atoms with Gasteiger partial charge in [0, 0.05) is 27.7 Å². The Labute approximate surface area is 156 Å². The van der Waals surface area contributed by atoms with Crippen LogP contribution >= 0.6 is 23.2 Å². The van der Waals surface area contributed by atoms with E-state index < -0.39 is 11.9 Å². The molecule has 4 nitrogen and oxygen atoms in total. The number of aliphatic carboxylic acids is 1. The lowest BCUT2D eigenvalue weighted by Crippen LogP contribution is -2.12. The number of carbonyl (C=O) groups is 1. The quantitative estimate of drug-likeness (QED) is 0.697. The van der Waals surface area contributed by atoms with Crippen LogP contribution in [0.1, 0.15) is 30.0 Å². The van der Waals surface area contributed by atoms with E-state index in [9.17, 15) is 9.90 Å². The number of nitrogens with zero attached hydrogens (tertiary/aromatic N) is 1. The van der Waals surface area contributed by atoms with Crippen molar-refractivity contribution in [2.45, 2.75) is 20.3 Å². The summed E-state index contributed by atoms with van der Waals surface area (Å²) in [6, 6.07) is 10.4. The molecule has 0 aromatic heterocycles. The standard InChI is InChI=1S/C19H19Cl2NO3/c1-11(19(24)25)7-8-22-17(13-3-5-14(20)6-4-13)16-10-15(21)9-12(2)18(16)23/h3-6,9-11,23H,7-8H2,1-2H3,(H,24,25). The molecule has 2 N–H and O–H groups in total. The summed E-state index contributed by atoms with van der Waals surface area (Å²) in [5.74, 6) is -1.25. The number of hydrogen-bond donors (Lipinski definition) is 2. The molecule has 0 aliphatic rings. The Morgan fingerprint density at radius 3 is 2.40 bits per heavy atom. The second-order valence-corrected chi connectivity index (χ2v) is 6.76. The summed E-state index contributed by atoms with van der Waals surface area (Å²) in [5, 5.41) is 20.5. The summed E-state index contributed by atoms with van der Waals surface area (Å²) < 4.78 is 0. The van der Waals surface area contributed by atoms with Gasteiger partial charge in [-0.1, -0.05) is 42.3 Å². The summed E-state index contributed by atoms with van der Waals surface area (Å²) >= 11 is 12.1. The highest BCUT2D eigenvalue weighted by atomic mass is 35.5. The van der Waals surface area contributed by atoms with Crippen molar-refractivity contribution in [1.82, 2.24) is 0 Å². The number of carboxylic acid groups (broad SMARTS) is 1. The van der Waals surface area contributed by atoms with Crippen LogP contribution in [0.3, 0.4) is 0 Å². The van der Waals surface area contributed by atoms with E-state index in [0.29, 0.717) is 39.8 Å². The highest BCUT2D eigenvalue weighted by molar-refractivity contribution is 6.32. The molecule has 0 heterocycles. The van der Waals surface area contributed by atoms with Gasteiger partial charge in [0.05, 0.1) is 11.6 Å². The van der Waals surface area contributed by atoms with E-state index in [4.69, 9.17) is 28.3 Å². The number of phenols is 1. The fourth-order valence-electron chi connectivity index (χ4n) is 2.35. The average Bonchev–Trinajstić information content (AvgIpc) is 2.56. The number of hydrogen-bond acceptors (Lipinski definition) is 3. The molecular formula is C19H19Cl2NO3. The van der Waals surface area contributed by atoms with Crippen molar-refractivity contribution in [2.24, 2.45) is 10.9 Å². The first-order valence-corrected chi connectivity index (χ1v) is 8.58. The maximum absolute atomic E-state index is 11.0. The number of halogens is 2. The molecule has 0 fully saturated rings. The molecule has 0 aliphatic carbocycles. The smallest absolute Gasteiger partial charge is 0.306 e. The zero-order valence-corrected chi connectivity index (χ0v) is 15.5. The fraction of sp³-hybridized carbons (Fsp3) is 0.263. The van der Waals surface area contributed by atoms with Gasteiger partial charge in [-0.15, -0.1) is 0 Å². The average molecular weight is 380 g/mol. The van der Waals surface area contributed by atoms with E-state index in [1.807, 2.05) is 0 Å². The molecule has 0 amide bonds. The Bertz CT molecular complexity index is 801. The molecule has 0 aliphatic heterocycles. The number of aryl methyl sites for hydroxylation is 1. The Hall–Kier alpha value is -2.04. The molecule has 0 spiro atoms. The van der Waals surface area contributed by atoms with Crippen LogP contribution in [-0.2, 0) is 4.79 Å². The first-order valence-electron chi connectivity index (χ1n) is 7.82. The predicted molar refractivity (Wildman–Crippen MR) is 101 cm³/mol. The number of carboxylic acids is 1. The van der Waals surface area contributed by atoms with Crippen molar-refractivity contribution >= 4 is 34.9 Å². The van der Waals surface area contributed by atoms with Crippen molar-refractivity contribution in [2.75, 3.05) is 6.54 Å². The van der Waals surface area contributed by atoms with Crippen LogP contribution in [0.4, 0.5) is 0 Å². The number of aromatic hydroxyl groups is 1. The number of rotatable bonds is 6. The minimum absolute atomic E-state index is 0.101. The van der Waals surface area contributed by atoms with E-state index in [2.05, 4.69) is 4.99 Å². The van der Waals surface area contributed by atoms with Gasteiger partial charge in [-0.05, 0) is 43.2 Å². The summed E-state index contributed by atoms with van der Waals surface area (Å²) in [7, 11) is 0. The van der Waals surface area contributed by atoms with Gasteiger partial charge in [0.15, 0.2) is 0 Å². The van der Waals surface area contributed by atoms with Crippen molar-refractivity contribution in [3.8, 4) is 5.75 Å². The van der Waals surface area contributed by atoms with Crippen LogP contribution in [0.25, 0.3) is 0 Å². The van der Waals surface area contributed by atoms with E-state index in [0.717, 1.165) is 5.56 Å². The first-order chi connectivity index (χ1) is 11.8. The normalized spacial score (nSPS) is 12.9. The van der Waals surface area contributed by atoms with Gasteiger partial charge in [0.25, 0.3) is 0 Å². The van der Waals surface area contributed by atoms with Crippen LogP contribution < -0.4 is 0 Å². The minimum atomic E-state index is -0.857. The summed E-state index contributed by atoms with van der Waals surface area (Å²) in [5.41, 5.74) is 2.47. The lowest BCUT2D eigenvalue weighted by Gasteiger charge is -2.13. The third-order valence-electron chi connectivity index (χ3n) is 3.89. The van der Waals surface area contributed by atoms with Crippen LogP contribution in [0.2, 0.25) is 10.0 Å². The van der Waals surface area contributed by atoms with Crippen molar-refractivity contribution in [3.05, 3.63) is 63.1 Å². The minimum Gasteiger partial charge on any atom is -0.507 e. The molecule has 132 valence electrons. The van der Waals surface area contributed by atoms with Crippen molar-refractivity contribution in [3.63, 3.8) is 0 Å². The Kier molecular flexibility index (Phi) is 6.45. The van der Waals surface area contributed by atoms with Crippen molar-refractivity contribution in [1.29, 1.82) is 0 Å². The SMILES string of the molecule is Cc1cc(Cl)cc(C(=NCCC(C)C(=O)O)c2ccc(Cl)cc2)c1O. The van der Waals surface area contributed by atoms with E-state index in [1.165, 1.54) is 0 Å². The number of benzene rings is 2. The summed E-state index contributed by atoms with van der Waals surface area (Å²) in [4.78, 5) is 15.5. The largest absolute Gasteiger partial charge is 0.507 e. The molecule has 0 saturated heterocycles. The third kappa shape index (κ3) is 4.97. The van der Waals surface area contributed by atoms with Crippen LogP contribution in [0.15, 0.2) is 41.4 Å². The molecule has 6 heteroatoms. The van der Waals surface area contributed by atoms with Crippen LogP contribution in [0, 0.1) is 12.8 Å². The molecule has 2 aromatic carbocycles. The van der Waals surface area contributed by atoms with Gasteiger partial charge >= 0.3 is 5.97 Å². The Balaban J connectivity index is 2.46. The van der Waals surface area contributed by atoms with Gasteiger partial charge in [-0.25, -0.2) is 0 Å². The fourth-order valence-corrected chi connectivity index (χ4v) is 2.75. The molecule has 2 aromatic rings. The lowest BCUT2D eigenvalue weighted by atomic mass is 9.99. The van der Waals surface area contributed by atoms with Gasteiger partial charge in [-0.2, -0.15) is 0 Å². The second-order valence-electron chi connectivity index (χ2n) is 5.88. The first kappa shape index (κ1) is 19.3. The summed E-state index contributed by atoms with van der Waals surface area (Å²) in [6.07, 6.45) is 0.396. The van der Waals surface area contributed by atoms with Gasteiger partial charge < -0.3 is 10.2 Å². The second kappa shape index (κ2) is 8.37. The molecule has 0 radical (unpaired) electrons. The molecular weight excluding hydrogens is 361 g/mol. The Morgan fingerprint density at radius 1 is 1.16 bits per heavy atom. The highest BCUT2D eigenvalue weighted by Gasteiger charge is 2.16. The zero-order valence-electron chi connectivity index (χ0n) is 14.0. The molecule has 1 atom stereocenters. The van der Waals surface area contributed by atoms with E-state index in [-0.39, 0.29) is 5.75 Å². The zero-order chi connectivity index (χ0) is 18.6. The highest BCUT2D eigenvalue weighted by Crippen LogP contribution is 2.29. The number of aliphatic imine (C=N–C) groups is 1. The maximum Gasteiger partial charge on any atom is 0.306 e.